The van der Waals surface area contributed by atoms with Gasteiger partial charge >= 0.3 is 5.00 Å². The molecule has 1 amide bonds. The second-order valence-electron chi connectivity index (χ2n) is 4.74. The van der Waals surface area contributed by atoms with Gasteiger partial charge in [-0.25, -0.2) is 0 Å². The zero-order valence-electron chi connectivity index (χ0n) is 12.3. The molecule has 2 aromatic rings. The number of hydrogen-bond acceptors (Lipinski definition) is 5. The molecule has 0 unspecified atom stereocenters. The van der Waals surface area contributed by atoms with Gasteiger partial charge in [-0.1, -0.05) is 41.7 Å². The monoisotopic (exact) mass is 332 g/mol. The number of thiophene rings is 1. The molecule has 1 aromatic heterocycles. The molecular weight excluding hydrogens is 316 g/mol. The molecule has 0 atom stereocenters. The Bertz CT molecular complexity index is 697. The summed E-state index contributed by atoms with van der Waals surface area (Å²) in [7, 11) is 0. The minimum atomic E-state index is -0.461. The standard InChI is InChI=1S/C16H16N2O4S/c19-11-10-17(12-13-4-2-1-3-5-13)15(20)8-6-14-7-9-16(23-14)18(21)22/h1-9,19H,10-12H2/b8-6+. The van der Waals surface area contributed by atoms with E-state index in [0.29, 0.717) is 11.4 Å². The lowest BCUT2D eigenvalue weighted by Crippen LogP contribution is -2.31. The Hall–Kier alpha value is -2.51. The van der Waals surface area contributed by atoms with Gasteiger partial charge in [-0.05, 0) is 17.7 Å². The van der Waals surface area contributed by atoms with Crippen LogP contribution >= 0.6 is 11.3 Å². The molecule has 0 aliphatic heterocycles. The molecule has 23 heavy (non-hydrogen) atoms. The van der Waals surface area contributed by atoms with Crippen molar-refractivity contribution in [3.8, 4) is 0 Å². The first kappa shape index (κ1) is 16.9. The molecule has 0 saturated heterocycles. The second kappa shape index (κ2) is 8.21. The Balaban J connectivity index is 2.04. The lowest BCUT2D eigenvalue weighted by Gasteiger charge is -2.20. The van der Waals surface area contributed by atoms with Crippen molar-refractivity contribution in [3.05, 3.63) is 69.1 Å². The van der Waals surface area contributed by atoms with Crippen molar-refractivity contribution in [2.45, 2.75) is 6.54 Å². The first-order valence-corrected chi connectivity index (χ1v) is 7.78. The molecule has 6 nitrogen and oxygen atoms in total. The van der Waals surface area contributed by atoms with E-state index in [2.05, 4.69) is 0 Å². The molecule has 0 aliphatic carbocycles. The molecule has 1 aromatic carbocycles. The number of carbonyl (C=O) groups excluding carboxylic acids is 1. The van der Waals surface area contributed by atoms with Crippen LogP contribution in [0.1, 0.15) is 10.4 Å². The summed E-state index contributed by atoms with van der Waals surface area (Å²) in [6, 6.07) is 12.5. The van der Waals surface area contributed by atoms with E-state index in [9.17, 15) is 14.9 Å². The Kier molecular flexibility index (Phi) is 6.02. The van der Waals surface area contributed by atoms with Crippen molar-refractivity contribution in [2.75, 3.05) is 13.2 Å². The number of aliphatic hydroxyl groups is 1. The summed E-state index contributed by atoms with van der Waals surface area (Å²) in [6.07, 6.45) is 2.92. The van der Waals surface area contributed by atoms with E-state index < -0.39 is 4.92 Å². The Morgan fingerprint density at radius 3 is 2.61 bits per heavy atom. The van der Waals surface area contributed by atoms with Gasteiger partial charge in [-0.2, -0.15) is 0 Å². The number of nitrogens with zero attached hydrogens (tertiary/aromatic N) is 2. The van der Waals surface area contributed by atoms with Gasteiger partial charge in [0.15, 0.2) is 0 Å². The van der Waals surface area contributed by atoms with Crippen LogP contribution in [-0.4, -0.2) is 34.0 Å². The zero-order chi connectivity index (χ0) is 16.7. The van der Waals surface area contributed by atoms with Crippen LogP contribution in [0, 0.1) is 10.1 Å². The molecule has 0 radical (unpaired) electrons. The predicted octanol–water partition coefficient (Wildman–Crippen LogP) is 2.69. The molecule has 0 saturated carbocycles. The second-order valence-corrected chi connectivity index (χ2v) is 5.83. The van der Waals surface area contributed by atoms with Gasteiger partial charge < -0.3 is 10.0 Å². The summed E-state index contributed by atoms with van der Waals surface area (Å²) >= 11 is 1.01. The van der Waals surface area contributed by atoms with Gasteiger partial charge in [-0.15, -0.1) is 0 Å². The summed E-state index contributed by atoms with van der Waals surface area (Å²) in [5.41, 5.74) is 0.967. The highest BCUT2D eigenvalue weighted by Crippen LogP contribution is 2.24. The summed E-state index contributed by atoms with van der Waals surface area (Å²) in [5, 5.41) is 19.8. The van der Waals surface area contributed by atoms with Gasteiger partial charge in [0.2, 0.25) is 5.91 Å². The zero-order valence-corrected chi connectivity index (χ0v) is 13.1. The van der Waals surface area contributed by atoms with Gasteiger partial charge in [0.05, 0.1) is 11.5 Å². The average molecular weight is 332 g/mol. The van der Waals surface area contributed by atoms with E-state index in [1.54, 1.807) is 12.1 Å². The van der Waals surface area contributed by atoms with Crippen molar-refractivity contribution in [1.82, 2.24) is 4.90 Å². The lowest BCUT2D eigenvalue weighted by molar-refractivity contribution is -0.380. The fourth-order valence-electron chi connectivity index (χ4n) is 1.98. The summed E-state index contributed by atoms with van der Waals surface area (Å²) in [6.45, 7) is 0.495. The van der Waals surface area contributed by atoms with Gasteiger partial charge in [0.1, 0.15) is 0 Å². The Morgan fingerprint density at radius 2 is 2.00 bits per heavy atom. The summed E-state index contributed by atoms with van der Waals surface area (Å²) in [5.74, 6) is -0.251. The summed E-state index contributed by atoms with van der Waals surface area (Å²) < 4.78 is 0. The number of benzene rings is 1. The van der Waals surface area contributed by atoms with E-state index in [4.69, 9.17) is 5.11 Å². The molecule has 1 heterocycles. The minimum absolute atomic E-state index is 0.0357. The number of amides is 1. The Labute approximate surface area is 137 Å². The minimum Gasteiger partial charge on any atom is -0.395 e. The maximum Gasteiger partial charge on any atom is 0.324 e. The smallest absolute Gasteiger partial charge is 0.324 e. The van der Waals surface area contributed by atoms with Gasteiger partial charge in [-0.3, -0.25) is 14.9 Å². The highest BCUT2D eigenvalue weighted by atomic mass is 32.1. The highest BCUT2D eigenvalue weighted by molar-refractivity contribution is 7.16. The largest absolute Gasteiger partial charge is 0.395 e. The molecule has 2 rings (SSSR count). The van der Waals surface area contributed by atoms with Crippen molar-refractivity contribution in [1.29, 1.82) is 0 Å². The van der Waals surface area contributed by atoms with Crippen molar-refractivity contribution in [2.24, 2.45) is 0 Å². The fourth-order valence-corrected chi connectivity index (χ4v) is 2.70. The third-order valence-corrected chi connectivity index (χ3v) is 4.08. The van der Waals surface area contributed by atoms with E-state index >= 15 is 0 Å². The predicted molar refractivity (Wildman–Crippen MR) is 89.0 cm³/mol. The van der Waals surface area contributed by atoms with Crippen LogP contribution in [0.25, 0.3) is 6.08 Å². The van der Waals surface area contributed by atoms with Crippen LogP contribution in [0.5, 0.6) is 0 Å². The molecule has 0 bridgehead atoms. The van der Waals surface area contributed by atoms with E-state index in [1.165, 1.54) is 17.0 Å². The lowest BCUT2D eigenvalue weighted by atomic mass is 10.2. The van der Waals surface area contributed by atoms with Crippen LogP contribution in [0.2, 0.25) is 0 Å². The maximum atomic E-state index is 12.3. The first-order chi connectivity index (χ1) is 11.1. The average Bonchev–Trinajstić information content (AvgIpc) is 3.02. The van der Waals surface area contributed by atoms with Crippen LogP contribution in [0.4, 0.5) is 5.00 Å². The Morgan fingerprint density at radius 1 is 1.26 bits per heavy atom. The number of nitro groups is 1. The quantitative estimate of drug-likeness (QED) is 0.480. The van der Waals surface area contributed by atoms with E-state index in [-0.39, 0.29) is 24.1 Å². The molecule has 120 valence electrons. The fraction of sp³-hybridized carbons (Fsp3) is 0.188. The third-order valence-electron chi connectivity index (χ3n) is 3.08. The number of carbonyl (C=O) groups is 1. The van der Waals surface area contributed by atoms with Crippen LogP contribution < -0.4 is 0 Å². The highest BCUT2D eigenvalue weighted by Gasteiger charge is 2.12. The third kappa shape index (κ3) is 5.01. The number of aliphatic hydroxyl groups excluding tert-OH is 1. The van der Waals surface area contributed by atoms with E-state index in [0.717, 1.165) is 16.9 Å². The van der Waals surface area contributed by atoms with E-state index in [1.807, 2.05) is 30.3 Å². The normalized spacial score (nSPS) is 10.8. The molecule has 1 N–H and O–H groups in total. The van der Waals surface area contributed by atoms with Crippen molar-refractivity contribution in [3.63, 3.8) is 0 Å². The topological polar surface area (TPSA) is 83.7 Å². The molecule has 7 heteroatoms. The molecule has 0 aliphatic rings. The maximum absolute atomic E-state index is 12.3. The number of rotatable bonds is 7. The van der Waals surface area contributed by atoms with Crippen molar-refractivity contribution >= 4 is 28.3 Å². The van der Waals surface area contributed by atoms with Gasteiger partial charge in [0.25, 0.3) is 0 Å². The summed E-state index contributed by atoms with van der Waals surface area (Å²) in [4.78, 5) is 24.6. The molecule has 0 spiro atoms. The number of hydrogen-bond donors (Lipinski definition) is 1. The SMILES string of the molecule is O=C(/C=C/c1ccc([N+](=O)[O-])s1)N(CCO)Cc1ccccc1. The first-order valence-electron chi connectivity index (χ1n) is 6.96. The molecule has 0 fully saturated rings. The molecular formula is C16H16N2O4S. The van der Waals surface area contributed by atoms with Crippen molar-refractivity contribution < 1.29 is 14.8 Å². The van der Waals surface area contributed by atoms with Crippen LogP contribution in [-0.2, 0) is 11.3 Å². The van der Waals surface area contributed by atoms with Crippen LogP contribution in [0.3, 0.4) is 0 Å². The van der Waals surface area contributed by atoms with Gasteiger partial charge in [0, 0.05) is 30.1 Å². The van der Waals surface area contributed by atoms with Crippen LogP contribution in [0.15, 0.2) is 48.5 Å².